The molecule has 0 aliphatic heterocycles. The second-order valence-corrected chi connectivity index (χ2v) is 11.5. The first-order valence-electron chi connectivity index (χ1n) is 14.9. The minimum Gasteiger partial charge on any atom is -0.449 e. The highest BCUT2D eigenvalue weighted by Crippen LogP contribution is 2.12. The number of aliphatic hydroxyl groups excluding tert-OH is 1. The minimum absolute atomic E-state index is 0.0848. The number of ether oxygens (including phenoxy) is 1. The molecule has 0 spiro atoms. The van der Waals surface area contributed by atoms with Crippen molar-refractivity contribution < 1.29 is 29.0 Å². The molecule has 242 valence electrons. The Morgan fingerprint density at radius 2 is 1.60 bits per heavy atom. The molecule has 43 heavy (non-hydrogen) atoms. The van der Waals surface area contributed by atoms with Gasteiger partial charge in [-0.15, -0.1) is 0 Å². The van der Waals surface area contributed by atoms with Crippen LogP contribution in [0.4, 0.5) is 4.79 Å². The molecule has 0 aliphatic rings. The van der Waals surface area contributed by atoms with Crippen molar-refractivity contribution in [1.29, 1.82) is 0 Å². The summed E-state index contributed by atoms with van der Waals surface area (Å²) >= 11 is 0. The number of nitrogens with one attached hydrogen (secondary N) is 4. The summed E-state index contributed by atoms with van der Waals surface area (Å²) in [5, 5.41) is 21.6. The molecule has 0 heterocycles. The van der Waals surface area contributed by atoms with Gasteiger partial charge in [0.2, 0.25) is 17.7 Å². The smallest absolute Gasteiger partial charge is 0.407 e. The number of alkyl carbamates (subject to hydrolysis) is 1. The van der Waals surface area contributed by atoms with E-state index in [1.165, 1.54) is 6.92 Å². The quantitative estimate of drug-likeness (QED) is 0.0683. The molecule has 13 nitrogen and oxygen atoms in total. The fourth-order valence-corrected chi connectivity index (χ4v) is 4.10. The van der Waals surface area contributed by atoms with Gasteiger partial charge in [-0.2, -0.15) is 0 Å². The van der Waals surface area contributed by atoms with E-state index >= 15 is 0 Å². The molecule has 1 rings (SSSR count). The van der Waals surface area contributed by atoms with E-state index < -0.39 is 42.1 Å². The number of nitrogens with zero attached hydrogens (tertiary/aromatic N) is 1. The van der Waals surface area contributed by atoms with E-state index in [0.29, 0.717) is 25.8 Å². The van der Waals surface area contributed by atoms with Crippen LogP contribution in [0, 0.1) is 11.8 Å². The summed E-state index contributed by atoms with van der Waals surface area (Å²) in [7, 11) is 0. The Kier molecular flexibility index (Phi) is 17.4. The Morgan fingerprint density at radius 3 is 2.21 bits per heavy atom. The average molecular weight is 606 g/mol. The van der Waals surface area contributed by atoms with E-state index in [9.17, 15) is 24.3 Å². The van der Waals surface area contributed by atoms with Crippen LogP contribution in [0.5, 0.6) is 0 Å². The number of rotatable bonds is 19. The third-order valence-corrected chi connectivity index (χ3v) is 6.34. The summed E-state index contributed by atoms with van der Waals surface area (Å²) in [6.07, 6.45) is -0.416. The number of aliphatic imine (C=N–C) groups is 1. The van der Waals surface area contributed by atoms with Crippen molar-refractivity contribution in [2.45, 2.75) is 91.0 Å². The molecule has 0 saturated carbocycles. The predicted molar refractivity (Wildman–Crippen MR) is 166 cm³/mol. The van der Waals surface area contributed by atoms with E-state index in [2.05, 4.69) is 26.3 Å². The van der Waals surface area contributed by atoms with Gasteiger partial charge in [0.25, 0.3) is 0 Å². The van der Waals surface area contributed by atoms with Gasteiger partial charge in [-0.05, 0) is 50.0 Å². The lowest BCUT2D eigenvalue weighted by Crippen LogP contribution is -2.55. The monoisotopic (exact) mass is 605 g/mol. The van der Waals surface area contributed by atoms with Crippen LogP contribution in [0.1, 0.15) is 65.9 Å². The number of guanidine groups is 1. The second-order valence-electron chi connectivity index (χ2n) is 11.5. The van der Waals surface area contributed by atoms with E-state index in [-0.39, 0.29) is 49.7 Å². The molecule has 4 atom stereocenters. The molecule has 1 aromatic rings. The summed E-state index contributed by atoms with van der Waals surface area (Å²) in [5.41, 5.74) is 11.8. The van der Waals surface area contributed by atoms with E-state index in [0.717, 1.165) is 5.56 Å². The largest absolute Gasteiger partial charge is 0.449 e. The summed E-state index contributed by atoms with van der Waals surface area (Å²) in [6, 6.07) is 7.01. The lowest BCUT2D eigenvalue weighted by Gasteiger charge is -2.27. The predicted octanol–water partition coefficient (Wildman–Crippen LogP) is 0.936. The first kappa shape index (κ1) is 37.2. The second kappa shape index (κ2) is 20.1. The maximum absolute atomic E-state index is 13.1. The average Bonchev–Trinajstić information content (AvgIpc) is 2.93. The van der Waals surface area contributed by atoms with Crippen molar-refractivity contribution >= 4 is 29.8 Å². The topological polar surface area (TPSA) is 210 Å². The number of amides is 4. The molecule has 0 saturated heterocycles. The summed E-state index contributed by atoms with van der Waals surface area (Å²) < 4.78 is 5.14. The number of aliphatic hydroxyl groups is 1. The van der Waals surface area contributed by atoms with Crippen molar-refractivity contribution in [1.82, 2.24) is 21.3 Å². The SMILES string of the molecule is CC(C)COC(=O)N[C@@H](CCCN=C(N)N)C(=O)N[C@@H](C)C(=O)N[C@@H](CC(C)C)[C@@H](O)CC(=O)NCCc1ccccc1. The molecule has 13 heteroatoms. The summed E-state index contributed by atoms with van der Waals surface area (Å²) in [5.74, 6) is -1.32. The van der Waals surface area contributed by atoms with Crippen molar-refractivity contribution in [3.63, 3.8) is 0 Å². The fourth-order valence-electron chi connectivity index (χ4n) is 4.10. The number of nitrogens with two attached hydrogens (primary N) is 2. The number of carbonyl (C=O) groups excluding carboxylic acids is 4. The molecule has 0 radical (unpaired) electrons. The standard InChI is InChI=1S/C30H51N7O6/c1-19(2)16-24(25(38)17-26(39)33-15-13-22-10-7-6-8-11-22)36-27(40)21(5)35-28(41)23(12-9-14-34-29(31)32)37-30(42)43-18-20(3)4/h6-8,10-11,19-21,23-25,38H,9,12-18H2,1-5H3,(H,33,39)(H,35,41)(H,36,40)(H,37,42)(H4,31,32,34)/t21-,23-,24-,25-/m0/s1. The summed E-state index contributed by atoms with van der Waals surface area (Å²) in [6.45, 7) is 9.99. The van der Waals surface area contributed by atoms with Gasteiger partial charge in [0.1, 0.15) is 12.1 Å². The highest BCUT2D eigenvalue weighted by molar-refractivity contribution is 5.91. The first-order valence-corrected chi connectivity index (χ1v) is 14.9. The molecule has 1 aromatic carbocycles. The molecule has 0 bridgehead atoms. The van der Waals surface area contributed by atoms with E-state index in [1.807, 2.05) is 58.0 Å². The number of hydrogen-bond acceptors (Lipinski definition) is 7. The zero-order valence-corrected chi connectivity index (χ0v) is 26.1. The molecule has 0 fully saturated rings. The van der Waals surface area contributed by atoms with Crippen LogP contribution >= 0.6 is 0 Å². The van der Waals surface area contributed by atoms with Crippen LogP contribution in [0.2, 0.25) is 0 Å². The molecule has 9 N–H and O–H groups in total. The summed E-state index contributed by atoms with van der Waals surface area (Å²) in [4.78, 5) is 54.7. The minimum atomic E-state index is -1.13. The zero-order chi connectivity index (χ0) is 32.4. The lowest BCUT2D eigenvalue weighted by molar-refractivity contribution is -0.131. The molecule has 0 aliphatic carbocycles. The normalized spacial score (nSPS) is 13.8. The van der Waals surface area contributed by atoms with E-state index in [1.54, 1.807) is 0 Å². The maximum Gasteiger partial charge on any atom is 0.407 e. The van der Waals surface area contributed by atoms with Gasteiger partial charge in [-0.25, -0.2) is 4.79 Å². The molecular weight excluding hydrogens is 554 g/mol. The van der Waals surface area contributed by atoms with Gasteiger partial charge in [0.05, 0.1) is 25.2 Å². The van der Waals surface area contributed by atoms with Crippen LogP contribution in [0.3, 0.4) is 0 Å². The Labute approximate surface area is 255 Å². The zero-order valence-electron chi connectivity index (χ0n) is 26.1. The first-order chi connectivity index (χ1) is 20.3. The lowest BCUT2D eigenvalue weighted by atomic mass is 9.96. The number of hydrogen-bond donors (Lipinski definition) is 7. The Balaban J connectivity index is 2.75. The molecule has 0 aromatic heterocycles. The van der Waals surface area contributed by atoms with Crippen molar-refractivity contribution in [3.05, 3.63) is 35.9 Å². The highest BCUT2D eigenvalue weighted by atomic mass is 16.5. The van der Waals surface area contributed by atoms with Gasteiger partial charge < -0.3 is 42.6 Å². The Hall–Kier alpha value is -3.87. The van der Waals surface area contributed by atoms with Crippen LogP contribution in [0.25, 0.3) is 0 Å². The Morgan fingerprint density at radius 1 is 0.930 bits per heavy atom. The van der Waals surface area contributed by atoms with Crippen LogP contribution in [0.15, 0.2) is 35.3 Å². The van der Waals surface area contributed by atoms with E-state index in [4.69, 9.17) is 16.2 Å². The Bertz CT molecular complexity index is 1030. The third kappa shape index (κ3) is 17.0. The number of carbonyl (C=O) groups is 4. The highest BCUT2D eigenvalue weighted by Gasteiger charge is 2.29. The molecule has 0 unspecified atom stereocenters. The van der Waals surface area contributed by atoms with Gasteiger partial charge in [-0.3, -0.25) is 19.4 Å². The fraction of sp³-hybridized carbons (Fsp3) is 0.633. The van der Waals surface area contributed by atoms with Crippen molar-refractivity contribution in [2.24, 2.45) is 28.3 Å². The van der Waals surface area contributed by atoms with Crippen LogP contribution in [-0.4, -0.2) is 78.8 Å². The van der Waals surface area contributed by atoms with Gasteiger partial charge >= 0.3 is 6.09 Å². The van der Waals surface area contributed by atoms with Crippen LogP contribution in [-0.2, 0) is 25.5 Å². The van der Waals surface area contributed by atoms with Gasteiger partial charge in [0.15, 0.2) is 5.96 Å². The number of benzene rings is 1. The molecule has 4 amide bonds. The molecular formula is C30H51N7O6. The van der Waals surface area contributed by atoms with Crippen LogP contribution < -0.4 is 32.7 Å². The maximum atomic E-state index is 13.1. The van der Waals surface area contributed by atoms with Crippen molar-refractivity contribution in [2.75, 3.05) is 19.7 Å². The van der Waals surface area contributed by atoms with Gasteiger partial charge in [-0.1, -0.05) is 58.0 Å². The van der Waals surface area contributed by atoms with Crippen molar-refractivity contribution in [3.8, 4) is 0 Å². The third-order valence-electron chi connectivity index (χ3n) is 6.34. The van der Waals surface area contributed by atoms with Gasteiger partial charge in [0, 0.05) is 13.1 Å².